The van der Waals surface area contributed by atoms with Crippen molar-refractivity contribution in [3.8, 4) is 5.75 Å². The Morgan fingerprint density at radius 2 is 1.30 bits per heavy atom. The van der Waals surface area contributed by atoms with Crippen LogP contribution in [-0.2, 0) is 4.74 Å². The molecule has 2 aromatic carbocycles. The van der Waals surface area contributed by atoms with E-state index in [1.54, 1.807) is 12.1 Å². The summed E-state index contributed by atoms with van der Waals surface area (Å²) >= 11 is 0. The predicted molar refractivity (Wildman–Crippen MR) is 73.9 cm³/mol. The van der Waals surface area contributed by atoms with Gasteiger partial charge >= 0.3 is 11.9 Å². The molecule has 0 aliphatic heterocycles. The zero-order chi connectivity index (χ0) is 14.5. The van der Waals surface area contributed by atoms with Gasteiger partial charge in [0.25, 0.3) is 0 Å². The first-order valence-corrected chi connectivity index (χ1v) is 6.07. The summed E-state index contributed by atoms with van der Waals surface area (Å²) in [5.41, 5.74) is 1.85. The van der Waals surface area contributed by atoms with Gasteiger partial charge in [0.2, 0.25) is 0 Å². The van der Waals surface area contributed by atoms with Crippen LogP contribution in [0.4, 0.5) is 0 Å². The van der Waals surface area contributed by atoms with E-state index in [-0.39, 0.29) is 0 Å². The molecule has 0 spiro atoms. The molecule has 0 aromatic heterocycles. The molecule has 0 saturated carbocycles. The lowest BCUT2D eigenvalue weighted by atomic mass is 10.1. The molecule has 0 atom stereocenters. The Balaban J connectivity index is 2.09. The first-order valence-electron chi connectivity index (χ1n) is 6.07. The minimum Gasteiger partial charge on any atom is -0.465 e. The minimum atomic E-state index is -0.467. The number of esters is 2. The van der Waals surface area contributed by atoms with Crippen LogP contribution in [0.1, 0.15) is 26.3 Å². The van der Waals surface area contributed by atoms with Gasteiger partial charge in [-0.1, -0.05) is 17.7 Å². The van der Waals surface area contributed by atoms with Gasteiger partial charge in [-0.25, -0.2) is 9.59 Å². The number of ether oxygens (including phenoxy) is 2. The van der Waals surface area contributed by atoms with Crippen molar-refractivity contribution in [3.63, 3.8) is 0 Å². The first kappa shape index (κ1) is 13.8. The van der Waals surface area contributed by atoms with E-state index in [0.29, 0.717) is 16.9 Å². The quantitative estimate of drug-likeness (QED) is 0.635. The van der Waals surface area contributed by atoms with Gasteiger partial charge in [-0.2, -0.15) is 0 Å². The minimum absolute atomic E-state index is 0.373. The lowest BCUT2D eigenvalue weighted by Crippen LogP contribution is -2.09. The molecule has 2 aromatic rings. The lowest BCUT2D eigenvalue weighted by molar-refractivity contribution is 0.0599. The average Bonchev–Trinajstić information content (AvgIpc) is 2.49. The summed E-state index contributed by atoms with van der Waals surface area (Å²) in [6.07, 6.45) is 0. The van der Waals surface area contributed by atoms with E-state index in [1.165, 1.54) is 31.4 Å². The molecule has 2 rings (SSSR count). The van der Waals surface area contributed by atoms with Crippen LogP contribution in [0.5, 0.6) is 5.75 Å². The predicted octanol–water partition coefficient (Wildman–Crippen LogP) is 3.00. The van der Waals surface area contributed by atoms with Gasteiger partial charge in [0.05, 0.1) is 18.2 Å². The Hall–Kier alpha value is -2.62. The van der Waals surface area contributed by atoms with E-state index >= 15 is 0 Å². The third-order valence-corrected chi connectivity index (χ3v) is 2.77. The molecule has 0 fully saturated rings. The standard InChI is InChI=1S/C16H14O4/c1-11-3-9-14(10-4-11)20-16(18)13-7-5-12(6-8-13)15(17)19-2/h3-10H,1-2H3. The van der Waals surface area contributed by atoms with E-state index < -0.39 is 11.9 Å². The molecule has 0 amide bonds. The second-order valence-corrected chi connectivity index (χ2v) is 4.27. The van der Waals surface area contributed by atoms with Crippen LogP contribution in [0.15, 0.2) is 48.5 Å². The lowest BCUT2D eigenvalue weighted by Gasteiger charge is -2.05. The third kappa shape index (κ3) is 3.23. The molecule has 4 heteroatoms. The highest BCUT2D eigenvalue weighted by Gasteiger charge is 2.10. The first-order chi connectivity index (χ1) is 9.60. The second kappa shape index (κ2) is 6.02. The molecule has 4 nitrogen and oxygen atoms in total. The van der Waals surface area contributed by atoms with Crippen LogP contribution < -0.4 is 4.74 Å². The van der Waals surface area contributed by atoms with Gasteiger partial charge in [0.1, 0.15) is 5.75 Å². The van der Waals surface area contributed by atoms with E-state index in [1.807, 2.05) is 19.1 Å². The van der Waals surface area contributed by atoms with Crippen LogP contribution in [0.25, 0.3) is 0 Å². The zero-order valence-electron chi connectivity index (χ0n) is 11.3. The van der Waals surface area contributed by atoms with Crippen molar-refractivity contribution < 1.29 is 19.1 Å². The van der Waals surface area contributed by atoms with Gasteiger partial charge < -0.3 is 9.47 Å². The van der Waals surface area contributed by atoms with Crippen molar-refractivity contribution in [2.45, 2.75) is 6.92 Å². The largest absolute Gasteiger partial charge is 0.465 e. The zero-order valence-corrected chi connectivity index (χ0v) is 11.3. The van der Waals surface area contributed by atoms with Crippen molar-refractivity contribution in [2.24, 2.45) is 0 Å². The van der Waals surface area contributed by atoms with Gasteiger partial charge in [0, 0.05) is 0 Å². The Kier molecular flexibility index (Phi) is 4.15. The molecule has 102 valence electrons. The van der Waals surface area contributed by atoms with Crippen LogP contribution in [0.2, 0.25) is 0 Å². The van der Waals surface area contributed by atoms with Crippen molar-refractivity contribution >= 4 is 11.9 Å². The molecule has 0 heterocycles. The number of rotatable bonds is 3. The molecule has 0 saturated heterocycles. The van der Waals surface area contributed by atoms with Crippen molar-refractivity contribution in [2.75, 3.05) is 7.11 Å². The topological polar surface area (TPSA) is 52.6 Å². The molecule has 0 aliphatic carbocycles. The fourth-order valence-corrected chi connectivity index (χ4v) is 1.63. The maximum atomic E-state index is 11.9. The SMILES string of the molecule is COC(=O)c1ccc(C(=O)Oc2ccc(C)cc2)cc1. The Morgan fingerprint density at radius 3 is 1.80 bits per heavy atom. The summed E-state index contributed by atoms with van der Waals surface area (Å²) in [6.45, 7) is 1.96. The molecular formula is C16H14O4. The summed E-state index contributed by atoms with van der Waals surface area (Å²) in [7, 11) is 1.31. The third-order valence-electron chi connectivity index (χ3n) is 2.77. The molecular weight excluding hydrogens is 256 g/mol. The monoisotopic (exact) mass is 270 g/mol. The number of benzene rings is 2. The highest BCUT2D eigenvalue weighted by Crippen LogP contribution is 2.14. The van der Waals surface area contributed by atoms with Crippen LogP contribution in [0, 0.1) is 6.92 Å². The van der Waals surface area contributed by atoms with Crippen molar-refractivity contribution in [3.05, 3.63) is 65.2 Å². The van der Waals surface area contributed by atoms with Gasteiger partial charge in [-0.15, -0.1) is 0 Å². The van der Waals surface area contributed by atoms with Crippen molar-refractivity contribution in [1.82, 2.24) is 0 Å². The summed E-state index contributed by atoms with van der Waals surface area (Å²) in [5, 5.41) is 0. The highest BCUT2D eigenvalue weighted by atomic mass is 16.5. The molecule has 0 N–H and O–H groups in total. The van der Waals surface area contributed by atoms with Gasteiger partial charge in [0.15, 0.2) is 0 Å². The maximum absolute atomic E-state index is 11.9. The second-order valence-electron chi connectivity index (χ2n) is 4.27. The number of hydrogen-bond donors (Lipinski definition) is 0. The number of carbonyl (C=O) groups is 2. The molecule has 0 bridgehead atoms. The summed E-state index contributed by atoms with van der Waals surface area (Å²) in [4.78, 5) is 23.2. The highest BCUT2D eigenvalue weighted by molar-refractivity contribution is 5.94. The number of carbonyl (C=O) groups excluding carboxylic acids is 2. The van der Waals surface area contributed by atoms with E-state index in [0.717, 1.165) is 5.56 Å². The number of methoxy groups -OCH3 is 1. The smallest absolute Gasteiger partial charge is 0.343 e. The van der Waals surface area contributed by atoms with E-state index in [9.17, 15) is 9.59 Å². The fraction of sp³-hybridized carbons (Fsp3) is 0.125. The summed E-state index contributed by atoms with van der Waals surface area (Å²) in [5.74, 6) is -0.425. The average molecular weight is 270 g/mol. The number of hydrogen-bond acceptors (Lipinski definition) is 4. The number of aryl methyl sites for hydroxylation is 1. The van der Waals surface area contributed by atoms with Crippen LogP contribution in [-0.4, -0.2) is 19.0 Å². The maximum Gasteiger partial charge on any atom is 0.343 e. The normalized spacial score (nSPS) is 9.90. The van der Waals surface area contributed by atoms with Crippen LogP contribution in [0.3, 0.4) is 0 Å². The Labute approximate surface area is 116 Å². The fourth-order valence-electron chi connectivity index (χ4n) is 1.63. The summed E-state index contributed by atoms with van der Waals surface area (Å²) < 4.78 is 9.82. The van der Waals surface area contributed by atoms with Crippen molar-refractivity contribution in [1.29, 1.82) is 0 Å². The van der Waals surface area contributed by atoms with Gasteiger partial charge in [-0.05, 0) is 43.3 Å². The van der Waals surface area contributed by atoms with Gasteiger partial charge in [-0.3, -0.25) is 0 Å². The molecule has 20 heavy (non-hydrogen) atoms. The molecule has 0 unspecified atom stereocenters. The van der Waals surface area contributed by atoms with E-state index in [2.05, 4.69) is 4.74 Å². The Bertz CT molecular complexity index is 612. The molecule has 0 aliphatic rings. The summed E-state index contributed by atoms with van der Waals surface area (Å²) in [6, 6.07) is 13.3. The van der Waals surface area contributed by atoms with E-state index in [4.69, 9.17) is 4.74 Å². The molecule has 0 radical (unpaired) electrons. The Morgan fingerprint density at radius 1 is 0.800 bits per heavy atom. The van der Waals surface area contributed by atoms with Crippen LogP contribution >= 0.6 is 0 Å².